The van der Waals surface area contributed by atoms with E-state index in [2.05, 4.69) is 9.97 Å². The zero-order valence-electron chi connectivity index (χ0n) is 15.1. The summed E-state index contributed by atoms with van der Waals surface area (Å²) in [6.07, 6.45) is 3.39. The molecule has 0 aliphatic heterocycles. The zero-order chi connectivity index (χ0) is 20.2. The van der Waals surface area contributed by atoms with E-state index in [1.54, 1.807) is 41.6 Å². The van der Waals surface area contributed by atoms with E-state index >= 15 is 0 Å². The molecule has 0 N–H and O–H groups in total. The van der Waals surface area contributed by atoms with E-state index in [4.69, 9.17) is 11.6 Å². The summed E-state index contributed by atoms with van der Waals surface area (Å²) in [4.78, 5) is 24.1. The molecule has 0 fully saturated rings. The number of rotatable bonds is 6. The molecule has 0 unspecified atom stereocenters. The van der Waals surface area contributed by atoms with Gasteiger partial charge in [-0.3, -0.25) is 14.7 Å². The van der Waals surface area contributed by atoms with Gasteiger partial charge in [0.25, 0.3) is 0 Å². The van der Waals surface area contributed by atoms with Crippen molar-refractivity contribution in [2.75, 3.05) is 10.7 Å². The fourth-order valence-corrected chi connectivity index (χ4v) is 4.61. The summed E-state index contributed by atoms with van der Waals surface area (Å²) >= 11 is 8.63. The van der Waals surface area contributed by atoms with Crippen molar-refractivity contribution in [3.05, 3.63) is 83.4 Å². The highest BCUT2D eigenvalue weighted by Crippen LogP contribution is 2.32. The molecule has 2 heterocycles. The number of hydrogen-bond acceptors (Lipinski definition) is 5. The van der Waals surface area contributed by atoms with E-state index < -0.39 is 5.82 Å². The SMILES string of the molecule is O=C(CSc1ccc(Cl)cc1)N(Cc1cccnc1)c1nc2c(F)cccc2s1. The molecule has 0 saturated carbocycles. The topological polar surface area (TPSA) is 46.1 Å². The standard InChI is InChI=1S/C21H15ClFN3OS2/c22-15-6-8-16(9-7-15)28-13-19(27)26(12-14-3-2-10-24-11-14)21-25-20-17(23)4-1-5-18(20)29-21/h1-11H,12-13H2. The molecule has 2 aromatic heterocycles. The van der Waals surface area contributed by atoms with Crippen LogP contribution in [0.25, 0.3) is 10.2 Å². The average molecular weight is 444 g/mol. The molecule has 0 bridgehead atoms. The molecule has 0 radical (unpaired) electrons. The fraction of sp³-hybridized carbons (Fsp3) is 0.0952. The summed E-state index contributed by atoms with van der Waals surface area (Å²) < 4.78 is 14.8. The normalized spacial score (nSPS) is 11.0. The highest BCUT2D eigenvalue weighted by atomic mass is 35.5. The monoisotopic (exact) mass is 443 g/mol. The third-order valence-electron chi connectivity index (χ3n) is 4.13. The van der Waals surface area contributed by atoms with Crippen molar-refractivity contribution < 1.29 is 9.18 Å². The van der Waals surface area contributed by atoms with E-state index in [0.29, 0.717) is 21.4 Å². The van der Waals surface area contributed by atoms with Gasteiger partial charge in [0.1, 0.15) is 11.3 Å². The number of fused-ring (bicyclic) bond motifs is 1. The maximum atomic E-state index is 14.1. The van der Waals surface area contributed by atoms with Gasteiger partial charge in [0.2, 0.25) is 5.91 Å². The summed E-state index contributed by atoms with van der Waals surface area (Å²) in [6, 6.07) is 15.9. The van der Waals surface area contributed by atoms with E-state index in [1.807, 2.05) is 24.3 Å². The first-order valence-electron chi connectivity index (χ1n) is 8.73. The lowest BCUT2D eigenvalue weighted by Crippen LogP contribution is -2.31. The van der Waals surface area contributed by atoms with Gasteiger partial charge in [-0.1, -0.05) is 35.1 Å². The number of thioether (sulfide) groups is 1. The van der Waals surface area contributed by atoms with Gasteiger partial charge in [-0.2, -0.15) is 0 Å². The Morgan fingerprint density at radius 2 is 1.97 bits per heavy atom. The Balaban J connectivity index is 1.60. The van der Waals surface area contributed by atoms with Gasteiger partial charge in [0.15, 0.2) is 5.13 Å². The number of pyridine rings is 1. The second-order valence-electron chi connectivity index (χ2n) is 6.17. The molecule has 0 atom stereocenters. The number of carbonyl (C=O) groups is 1. The number of hydrogen-bond donors (Lipinski definition) is 0. The summed E-state index contributed by atoms with van der Waals surface area (Å²) in [5.41, 5.74) is 1.15. The van der Waals surface area contributed by atoms with Crippen LogP contribution in [-0.4, -0.2) is 21.6 Å². The van der Waals surface area contributed by atoms with Gasteiger partial charge in [0, 0.05) is 22.3 Å². The number of aromatic nitrogens is 2. The molecular formula is C21H15ClFN3OS2. The van der Waals surface area contributed by atoms with Crippen molar-refractivity contribution >= 4 is 56.0 Å². The van der Waals surface area contributed by atoms with Crippen LogP contribution in [0.15, 0.2) is 71.9 Å². The Labute approximate surface area is 180 Å². The quantitative estimate of drug-likeness (QED) is 0.353. The van der Waals surface area contributed by atoms with Gasteiger partial charge < -0.3 is 0 Å². The number of carbonyl (C=O) groups excluding carboxylic acids is 1. The predicted molar refractivity (Wildman–Crippen MR) is 117 cm³/mol. The van der Waals surface area contributed by atoms with Gasteiger partial charge in [-0.15, -0.1) is 11.8 Å². The molecule has 0 saturated heterocycles. The van der Waals surface area contributed by atoms with Crippen LogP contribution in [0.4, 0.5) is 9.52 Å². The van der Waals surface area contributed by atoms with Crippen LogP contribution in [0.5, 0.6) is 0 Å². The van der Waals surface area contributed by atoms with Crippen LogP contribution in [0, 0.1) is 5.82 Å². The van der Waals surface area contributed by atoms with E-state index in [1.165, 1.54) is 29.2 Å². The van der Waals surface area contributed by atoms with Crippen molar-refractivity contribution in [1.29, 1.82) is 0 Å². The number of para-hydroxylation sites is 1. The van der Waals surface area contributed by atoms with E-state index in [0.717, 1.165) is 10.5 Å². The largest absolute Gasteiger partial charge is 0.283 e. The minimum Gasteiger partial charge on any atom is -0.283 e. The lowest BCUT2D eigenvalue weighted by Gasteiger charge is -2.19. The maximum Gasteiger partial charge on any atom is 0.239 e. The molecule has 146 valence electrons. The molecule has 0 spiro atoms. The molecule has 4 rings (SSSR count). The minimum atomic E-state index is -0.394. The number of amides is 1. The maximum absolute atomic E-state index is 14.1. The summed E-state index contributed by atoms with van der Waals surface area (Å²) in [5.74, 6) is -0.289. The average Bonchev–Trinajstić information content (AvgIpc) is 3.17. The van der Waals surface area contributed by atoms with Crippen LogP contribution >= 0.6 is 34.7 Å². The molecule has 0 aliphatic rings. The Kier molecular flexibility index (Phi) is 6.08. The number of nitrogens with zero attached hydrogens (tertiary/aromatic N) is 3. The highest BCUT2D eigenvalue weighted by Gasteiger charge is 2.21. The van der Waals surface area contributed by atoms with Crippen molar-refractivity contribution in [2.45, 2.75) is 11.4 Å². The molecule has 4 nitrogen and oxygen atoms in total. The molecule has 4 aromatic rings. The van der Waals surface area contributed by atoms with Crippen LogP contribution < -0.4 is 4.90 Å². The van der Waals surface area contributed by atoms with Gasteiger partial charge in [-0.05, 0) is 48.0 Å². The Morgan fingerprint density at radius 3 is 2.69 bits per heavy atom. The van der Waals surface area contributed by atoms with Crippen molar-refractivity contribution in [1.82, 2.24) is 9.97 Å². The molecule has 2 aromatic carbocycles. The first-order valence-corrected chi connectivity index (χ1v) is 10.9. The number of benzene rings is 2. The third kappa shape index (κ3) is 4.75. The smallest absolute Gasteiger partial charge is 0.239 e. The Morgan fingerprint density at radius 1 is 1.14 bits per heavy atom. The molecular weight excluding hydrogens is 429 g/mol. The minimum absolute atomic E-state index is 0.117. The molecule has 29 heavy (non-hydrogen) atoms. The zero-order valence-corrected chi connectivity index (χ0v) is 17.5. The van der Waals surface area contributed by atoms with Crippen molar-refractivity contribution in [2.24, 2.45) is 0 Å². The van der Waals surface area contributed by atoms with Gasteiger partial charge >= 0.3 is 0 Å². The second-order valence-corrected chi connectivity index (χ2v) is 8.66. The summed E-state index contributed by atoms with van der Waals surface area (Å²) in [6.45, 7) is 0.315. The van der Waals surface area contributed by atoms with Crippen LogP contribution in [0.3, 0.4) is 0 Å². The van der Waals surface area contributed by atoms with Gasteiger partial charge in [0.05, 0.1) is 17.0 Å². The second kappa shape index (κ2) is 8.90. The van der Waals surface area contributed by atoms with Crippen molar-refractivity contribution in [3.8, 4) is 0 Å². The van der Waals surface area contributed by atoms with Crippen LogP contribution in [-0.2, 0) is 11.3 Å². The highest BCUT2D eigenvalue weighted by molar-refractivity contribution is 8.00. The number of halogens is 2. The van der Waals surface area contributed by atoms with Crippen LogP contribution in [0.1, 0.15) is 5.56 Å². The fourth-order valence-electron chi connectivity index (χ4n) is 2.71. The first-order chi connectivity index (χ1) is 14.1. The molecule has 0 aliphatic carbocycles. The Hall–Kier alpha value is -2.48. The predicted octanol–water partition coefficient (Wildman–Crippen LogP) is 5.81. The van der Waals surface area contributed by atoms with E-state index in [9.17, 15) is 9.18 Å². The Bertz CT molecular complexity index is 1140. The molecule has 8 heteroatoms. The number of anilines is 1. The lowest BCUT2D eigenvalue weighted by atomic mass is 10.2. The number of thiazole rings is 1. The van der Waals surface area contributed by atoms with E-state index in [-0.39, 0.29) is 17.2 Å². The van der Waals surface area contributed by atoms with Gasteiger partial charge in [-0.25, -0.2) is 9.37 Å². The summed E-state index contributed by atoms with van der Waals surface area (Å²) in [5, 5.41) is 1.12. The lowest BCUT2D eigenvalue weighted by molar-refractivity contribution is -0.116. The van der Waals surface area contributed by atoms with Crippen LogP contribution in [0.2, 0.25) is 5.02 Å². The van der Waals surface area contributed by atoms with Crippen molar-refractivity contribution in [3.63, 3.8) is 0 Å². The first kappa shape index (κ1) is 19.8. The third-order valence-corrected chi connectivity index (χ3v) is 6.42. The molecule has 1 amide bonds. The summed E-state index contributed by atoms with van der Waals surface area (Å²) in [7, 11) is 0.